The van der Waals surface area contributed by atoms with Gasteiger partial charge in [0, 0.05) is 30.6 Å². The SMILES string of the molecule is CCC(C)c1nc(N(C)CC2(N(C)C)CCC2)sc1CN. The van der Waals surface area contributed by atoms with Crippen LogP contribution >= 0.6 is 11.3 Å². The van der Waals surface area contributed by atoms with Crippen LogP contribution in [0.5, 0.6) is 0 Å². The number of hydrogen-bond acceptors (Lipinski definition) is 5. The molecule has 0 aromatic carbocycles. The minimum atomic E-state index is 0.333. The van der Waals surface area contributed by atoms with E-state index in [1.807, 2.05) is 0 Å². The topological polar surface area (TPSA) is 45.4 Å². The standard InChI is InChI=1S/C16H30N4S/c1-6-12(2)14-13(10-17)21-15(18-14)20(5)11-16(19(3)4)8-7-9-16/h12H,6-11,17H2,1-5H3. The van der Waals surface area contributed by atoms with Gasteiger partial charge in [-0.2, -0.15) is 0 Å². The average Bonchev–Trinajstić information content (AvgIpc) is 2.85. The Balaban J connectivity index is 2.16. The van der Waals surface area contributed by atoms with Crippen molar-refractivity contribution in [2.24, 2.45) is 5.73 Å². The van der Waals surface area contributed by atoms with Crippen LogP contribution in [-0.4, -0.2) is 43.1 Å². The molecule has 21 heavy (non-hydrogen) atoms. The van der Waals surface area contributed by atoms with Gasteiger partial charge in [-0.05, 0) is 45.7 Å². The van der Waals surface area contributed by atoms with Gasteiger partial charge in [-0.25, -0.2) is 4.98 Å². The Morgan fingerprint density at radius 2 is 2.00 bits per heavy atom. The molecule has 120 valence electrons. The second-order valence-electron chi connectivity index (χ2n) is 6.65. The van der Waals surface area contributed by atoms with E-state index in [4.69, 9.17) is 10.7 Å². The molecular weight excluding hydrogens is 280 g/mol. The number of rotatable bonds is 7. The first kappa shape index (κ1) is 16.7. The van der Waals surface area contributed by atoms with E-state index in [0.29, 0.717) is 18.0 Å². The zero-order valence-electron chi connectivity index (χ0n) is 14.1. The van der Waals surface area contributed by atoms with Crippen LogP contribution in [0.15, 0.2) is 0 Å². The Bertz CT molecular complexity index is 465. The van der Waals surface area contributed by atoms with Crippen LogP contribution in [0.3, 0.4) is 0 Å². The van der Waals surface area contributed by atoms with Crippen molar-refractivity contribution in [3.63, 3.8) is 0 Å². The first-order valence-corrected chi connectivity index (χ1v) is 8.83. The van der Waals surface area contributed by atoms with Crippen molar-refractivity contribution in [2.75, 3.05) is 32.6 Å². The van der Waals surface area contributed by atoms with Crippen LogP contribution in [-0.2, 0) is 6.54 Å². The number of hydrogen-bond donors (Lipinski definition) is 1. The Morgan fingerprint density at radius 1 is 1.33 bits per heavy atom. The van der Waals surface area contributed by atoms with Crippen LogP contribution in [0.2, 0.25) is 0 Å². The maximum atomic E-state index is 5.91. The molecule has 2 rings (SSSR count). The molecule has 1 fully saturated rings. The van der Waals surface area contributed by atoms with Crippen molar-refractivity contribution in [3.8, 4) is 0 Å². The van der Waals surface area contributed by atoms with Gasteiger partial charge in [-0.3, -0.25) is 0 Å². The first-order valence-electron chi connectivity index (χ1n) is 8.01. The molecule has 0 bridgehead atoms. The predicted octanol–water partition coefficient (Wildman–Crippen LogP) is 3.04. The summed E-state index contributed by atoms with van der Waals surface area (Å²) in [5.41, 5.74) is 7.45. The highest BCUT2D eigenvalue weighted by Crippen LogP contribution is 2.39. The van der Waals surface area contributed by atoms with Crippen LogP contribution in [0.4, 0.5) is 5.13 Å². The molecule has 1 aliphatic carbocycles. The minimum absolute atomic E-state index is 0.333. The number of anilines is 1. The molecule has 0 amide bonds. The molecule has 0 saturated heterocycles. The summed E-state index contributed by atoms with van der Waals surface area (Å²) in [4.78, 5) is 10.9. The zero-order valence-corrected chi connectivity index (χ0v) is 15.0. The summed E-state index contributed by atoms with van der Waals surface area (Å²) in [5, 5.41) is 1.12. The van der Waals surface area contributed by atoms with Gasteiger partial charge in [-0.15, -0.1) is 11.3 Å². The fraction of sp³-hybridized carbons (Fsp3) is 0.812. The number of likely N-dealkylation sites (N-methyl/N-ethyl adjacent to an activating group) is 2. The Morgan fingerprint density at radius 3 is 2.43 bits per heavy atom. The molecule has 1 aromatic heterocycles. The highest BCUT2D eigenvalue weighted by Gasteiger charge is 2.40. The third-order valence-electron chi connectivity index (χ3n) is 5.07. The van der Waals surface area contributed by atoms with Gasteiger partial charge in [0.2, 0.25) is 0 Å². The minimum Gasteiger partial charge on any atom is -0.349 e. The fourth-order valence-electron chi connectivity index (χ4n) is 3.08. The lowest BCUT2D eigenvalue weighted by Gasteiger charge is -2.49. The van der Waals surface area contributed by atoms with Gasteiger partial charge in [0.1, 0.15) is 0 Å². The van der Waals surface area contributed by atoms with E-state index >= 15 is 0 Å². The molecular formula is C16H30N4S. The molecule has 1 aliphatic rings. The quantitative estimate of drug-likeness (QED) is 0.841. The Labute approximate surface area is 133 Å². The van der Waals surface area contributed by atoms with Crippen LogP contribution in [0.25, 0.3) is 0 Å². The zero-order chi connectivity index (χ0) is 15.6. The molecule has 1 unspecified atom stereocenters. The second-order valence-corrected chi connectivity index (χ2v) is 7.71. The summed E-state index contributed by atoms with van der Waals surface area (Å²) in [6, 6.07) is 0. The van der Waals surface area contributed by atoms with Gasteiger partial charge >= 0.3 is 0 Å². The lowest BCUT2D eigenvalue weighted by atomic mass is 9.75. The summed E-state index contributed by atoms with van der Waals surface area (Å²) in [6.45, 7) is 6.11. The molecule has 5 heteroatoms. The van der Waals surface area contributed by atoms with Crippen molar-refractivity contribution >= 4 is 16.5 Å². The van der Waals surface area contributed by atoms with Gasteiger partial charge in [0.15, 0.2) is 5.13 Å². The molecule has 1 heterocycles. The van der Waals surface area contributed by atoms with E-state index in [-0.39, 0.29) is 0 Å². The molecule has 1 atom stereocenters. The summed E-state index contributed by atoms with van der Waals surface area (Å²) in [5.74, 6) is 0.494. The Hall–Kier alpha value is -0.650. The van der Waals surface area contributed by atoms with Crippen molar-refractivity contribution in [1.29, 1.82) is 0 Å². The molecule has 0 radical (unpaired) electrons. The summed E-state index contributed by atoms with van der Waals surface area (Å²) in [7, 11) is 6.57. The average molecular weight is 311 g/mol. The highest BCUT2D eigenvalue weighted by atomic mass is 32.1. The monoisotopic (exact) mass is 310 g/mol. The van der Waals surface area contributed by atoms with Crippen LogP contribution in [0, 0.1) is 0 Å². The summed E-state index contributed by atoms with van der Waals surface area (Å²) in [6.07, 6.45) is 5.03. The second kappa shape index (κ2) is 6.63. The normalized spacial score (nSPS) is 18.6. The third kappa shape index (κ3) is 3.25. The van der Waals surface area contributed by atoms with Gasteiger partial charge in [0.25, 0.3) is 0 Å². The number of aromatic nitrogens is 1. The van der Waals surface area contributed by atoms with E-state index in [2.05, 4.69) is 44.8 Å². The largest absolute Gasteiger partial charge is 0.349 e. The molecule has 0 spiro atoms. The maximum Gasteiger partial charge on any atom is 0.185 e. The van der Waals surface area contributed by atoms with Gasteiger partial charge in [0.05, 0.1) is 5.69 Å². The predicted molar refractivity (Wildman–Crippen MR) is 92.3 cm³/mol. The van der Waals surface area contributed by atoms with Crippen LogP contribution in [0.1, 0.15) is 56.0 Å². The maximum absolute atomic E-state index is 5.91. The highest BCUT2D eigenvalue weighted by molar-refractivity contribution is 7.15. The summed E-state index contributed by atoms with van der Waals surface area (Å²) < 4.78 is 0. The van der Waals surface area contributed by atoms with E-state index in [0.717, 1.165) is 18.1 Å². The molecule has 1 aromatic rings. The smallest absolute Gasteiger partial charge is 0.185 e. The van der Waals surface area contributed by atoms with Gasteiger partial charge in [-0.1, -0.05) is 13.8 Å². The van der Waals surface area contributed by atoms with E-state index in [1.54, 1.807) is 11.3 Å². The number of nitrogens with two attached hydrogens (primary N) is 1. The first-order chi connectivity index (χ1) is 9.93. The van der Waals surface area contributed by atoms with E-state index < -0.39 is 0 Å². The van der Waals surface area contributed by atoms with Crippen LogP contribution < -0.4 is 10.6 Å². The van der Waals surface area contributed by atoms with Crippen molar-refractivity contribution in [3.05, 3.63) is 10.6 Å². The molecule has 0 aliphatic heterocycles. The van der Waals surface area contributed by atoms with E-state index in [1.165, 1.54) is 29.8 Å². The number of thiazole rings is 1. The van der Waals surface area contributed by atoms with E-state index in [9.17, 15) is 0 Å². The van der Waals surface area contributed by atoms with Crippen molar-refractivity contribution in [2.45, 2.75) is 57.5 Å². The Kier molecular flexibility index (Phi) is 5.28. The molecule has 2 N–H and O–H groups in total. The van der Waals surface area contributed by atoms with Gasteiger partial charge < -0.3 is 15.5 Å². The number of nitrogens with zero attached hydrogens (tertiary/aromatic N) is 3. The van der Waals surface area contributed by atoms with Crippen molar-refractivity contribution < 1.29 is 0 Å². The molecule has 1 saturated carbocycles. The third-order valence-corrected chi connectivity index (χ3v) is 6.28. The lowest BCUT2D eigenvalue weighted by molar-refractivity contribution is 0.0683. The lowest BCUT2D eigenvalue weighted by Crippen LogP contribution is -2.56. The fourth-order valence-corrected chi connectivity index (χ4v) is 4.10. The molecule has 4 nitrogen and oxygen atoms in total. The van der Waals surface area contributed by atoms with Crippen molar-refractivity contribution in [1.82, 2.24) is 9.88 Å². The summed E-state index contributed by atoms with van der Waals surface area (Å²) >= 11 is 1.77.